The van der Waals surface area contributed by atoms with E-state index in [1.54, 1.807) is 18.2 Å². The Hall–Kier alpha value is -3.62. The minimum atomic E-state index is -1.05. The Kier molecular flexibility index (Phi) is 7.32. The first kappa shape index (κ1) is 20.7. The molecular formula is C19H21N3O6. The minimum Gasteiger partial charge on any atom is -0.493 e. The summed E-state index contributed by atoms with van der Waals surface area (Å²) < 4.78 is 10.8. The summed E-state index contributed by atoms with van der Waals surface area (Å²) in [6, 6.07) is 9.03. The highest BCUT2D eigenvalue weighted by molar-refractivity contribution is 5.89. The Labute approximate surface area is 161 Å². The van der Waals surface area contributed by atoms with Crippen LogP contribution in [0.2, 0.25) is 0 Å². The van der Waals surface area contributed by atoms with Gasteiger partial charge in [0, 0.05) is 11.6 Å². The predicted octanol–water partition coefficient (Wildman–Crippen LogP) is 3.93. The number of hydrogen-bond acceptors (Lipinski definition) is 7. The maximum absolute atomic E-state index is 11.4. The van der Waals surface area contributed by atoms with Gasteiger partial charge in [-0.2, -0.15) is 5.10 Å². The van der Waals surface area contributed by atoms with Gasteiger partial charge in [0.15, 0.2) is 5.75 Å². The number of carbonyl (C=O) groups is 1. The molecule has 0 amide bonds. The number of nitrogens with one attached hydrogen (secondary N) is 1. The third-order valence-corrected chi connectivity index (χ3v) is 3.74. The van der Waals surface area contributed by atoms with Gasteiger partial charge < -0.3 is 14.6 Å². The molecule has 2 aromatic rings. The first-order valence-corrected chi connectivity index (χ1v) is 8.58. The molecule has 0 spiro atoms. The number of carboxylic acids is 1. The smallest absolute Gasteiger partial charge is 0.335 e. The lowest BCUT2D eigenvalue weighted by Gasteiger charge is -2.11. The second kappa shape index (κ2) is 9.91. The van der Waals surface area contributed by atoms with Crippen LogP contribution >= 0.6 is 0 Å². The molecule has 2 N–H and O–H groups in total. The van der Waals surface area contributed by atoms with Crippen LogP contribution in [0.15, 0.2) is 41.5 Å². The summed E-state index contributed by atoms with van der Waals surface area (Å²) in [5, 5.41) is 24.4. The number of aromatic carboxylic acids is 1. The molecule has 0 saturated heterocycles. The van der Waals surface area contributed by atoms with E-state index < -0.39 is 10.9 Å². The van der Waals surface area contributed by atoms with Crippen molar-refractivity contribution in [3.05, 3.63) is 57.6 Å². The van der Waals surface area contributed by atoms with E-state index in [1.165, 1.54) is 31.5 Å². The summed E-state index contributed by atoms with van der Waals surface area (Å²) >= 11 is 0. The average molecular weight is 387 g/mol. The molecule has 0 unspecified atom stereocenters. The van der Waals surface area contributed by atoms with Gasteiger partial charge in [0.05, 0.1) is 36.1 Å². The van der Waals surface area contributed by atoms with Gasteiger partial charge in [-0.25, -0.2) is 4.79 Å². The predicted molar refractivity (Wildman–Crippen MR) is 105 cm³/mol. The summed E-state index contributed by atoms with van der Waals surface area (Å²) in [6.07, 6.45) is 3.04. The number of hydrogen-bond donors (Lipinski definition) is 2. The highest BCUT2D eigenvalue weighted by Gasteiger charge is 2.22. The second-order valence-electron chi connectivity index (χ2n) is 5.79. The molecule has 2 rings (SSSR count). The van der Waals surface area contributed by atoms with Gasteiger partial charge in [-0.15, -0.1) is 0 Å². The Bertz CT molecular complexity index is 882. The van der Waals surface area contributed by atoms with Gasteiger partial charge >= 0.3 is 11.7 Å². The fourth-order valence-electron chi connectivity index (χ4n) is 2.34. The molecule has 9 heteroatoms. The fourth-order valence-corrected chi connectivity index (χ4v) is 2.34. The summed E-state index contributed by atoms with van der Waals surface area (Å²) in [5.41, 5.74) is 3.49. The normalized spacial score (nSPS) is 10.6. The van der Waals surface area contributed by atoms with E-state index in [1.807, 2.05) is 6.92 Å². The molecule has 0 bridgehead atoms. The van der Waals surface area contributed by atoms with E-state index in [9.17, 15) is 14.9 Å². The number of hydrazone groups is 1. The summed E-state index contributed by atoms with van der Waals surface area (Å²) in [6.45, 7) is 2.34. The maximum atomic E-state index is 11.4. The quantitative estimate of drug-likeness (QED) is 0.274. The number of rotatable bonds is 10. The van der Waals surface area contributed by atoms with Crippen molar-refractivity contribution in [2.45, 2.75) is 19.8 Å². The average Bonchev–Trinajstić information content (AvgIpc) is 2.68. The molecule has 0 aromatic heterocycles. The van der Waals surface area contributed by atoms with Crippen LogP contribution in [-0.4, -0.2) is 35.9 Å². The lowest BCUT2D eigenvalue weighted by atomic mass is 10.2. The number of unbranched alkanes of at least 4 members (excludes halogenated alkanes) is 1. The lowest BCUT2D eigenvalue weighted by Crippen LogP contribution is -2.04. The number of nitrogens with zero attached hydrogens (tertiary/aromatic N) is 2. The van der Waals surface area contributed by atoms with Gasteiger partial charge in [0.1, 0.15) is 0 Å². The van der Waals surface area contributed by atoms with E-state index in [2.05, 4.69) is 10.5 Å². The molecule has 28 heavy (non-hydrogen) atoms. The van der Waals surface area contributed by atoms with E-state index in [0.29, 0.717) is 17.9 Å². The zero-order valence-corrected chi connectivity index (χ0v) is 15.5. The van der Waals surface area contributed by atoms with E-state index in [4.69, 9.17) is 14.6 Å². The Morgan fingerprint density at radius 2 is 2.14 bits per heavy atom. The molecule has 0 atom stereocenters. The molecular weight excluding hydrogens is 366 g/mol. The van der Waals surface area contributed by atoms with E-state index in [-0.39, 0.29) is 22.7 Å². The van der Waals surface area contributed by atoms with E-state index in [0.717, 1.165) is 12.8 Å². The van der Waals surface area contributed by atoms with Crippen molar-refractivity contribution in [2.24, 2.45) is 5.10 Å². The largest absolute Gasteiger partial charge is 0.493 e. The molecule has 0 aliphatic heterocycles. The Morgan fingerprint density at radius 3 is 2.79 bits per heavy atom. The number of ether oxygens (including phenoxy) is 2. The van der Waals surface area contributed by atoms with Crippen molar-refractivity contribution in [1.29, 1.82) is 0 Å². The Morgan fingerprint density at radius 1 is 1.36 bits per heavy atom. The molecule has 2 aromatic carbocycles. The fraction of sp³-hybridized carbons (Fsp3) is 0.263. The number of benzene rings is 2. The van der Waals surface area contributed by atoms with Crippen LogP contribution < -0.4 is 14.9 Å². The van der Waals surface area contributed by atoms with Gasteiger partial charge in [-0.05, 0) is 30.7 Å². The van der Waals surface area contributed by atoms with Gasteiger partial charge in [0.25, 0.3) is 0 Å². The van der Waals surface area contributed by atoms with Crippen LogP contribution in [0.1, 0.15) is 35.7 Å². The molecule has 0 aliphatic rings. The SMILES string of the molecule is CCCCOc1c(OC)cc(/C=N/Nc2cccc(C(=O)O)c2)cc1[N+](=O)[O-]. The standard InChI is InChI=1S/C19H21N3O6/c1-3-4-8-28-18-16(22(25)26)9-13(10-17(18)27-2)12-20-21-15-7-5-6-14(11-15)19(23)24/h5-7,9-12,21H,3-4,8H2,1-2H3,(H,23,24)/b20-12+. The summed E-state index contributed by atoms with van der Waals surface area (Å²) in [7, 11) is 1.41. The molecule has 148 valence electrons. The number of carboxylic acid groups (broad SMARTS) is 1. The third-order valence-electron chi connectivity index (χ3n) is 3.74. The lowest BCUT2D eigenvalue weighted by molar-refractivity contribution is -0.386. The van der Waals surface area contributed by atoms with Crippen molar-refractivity contribution in [1.82, 2.24) is 0 Å². The minimum absolute atomic E-state index is 0.0835. The van der Waals surface area contributed by atoms with Gasteiger partial charge in [0.2, 0.25) is 5.75 Å². The highest BCUT2D eigenvalue weighted by Crippen LogP contribution is 2.38. The molecule has 0 fully saturated rings. The zero-order chi connectivity index (χ0) is 20.5. The van der Waals surface area contributed by atoms with Crippen molar-refractivity contribution in [3.63, 3.8) is 0 Å². The van der Waals surface area contributed by atoms with Crippen LogP contribution in [0.3, 0.4) is 0 Å². The van der Waals surface area contributed by atoms with Crippen molar-refractivity contribution in [2.75, 3.05) is 19.1 Å². The first-order chi connectivity index (χ1) is 13.5. The monoisotopic (exact) mass is 387 g/mol. The second-order valence-corrected chi connectivity index (χ2v) is 5.79. The Balaban J connectivity index is 2.24. The number of anilines is 1. The zero-order valence-electron chi connectivity index (χ0n) is 15.5. The first-order valence-electron chi connectivity index (χ1n) is 8.58. The number of nitro benzene ring substituents is 1. The summed E-state index contributed by atoms with van der Waals surface area (Å²) in [4.78, 5) is 21.9. The molecule has 0 radical (unpaired) electrons. The van der Waals surface area contributed by atoms with Crippen LogP contribution in [0.5, 0.6) is 11.5 Å². The van der Waals surface area contributed by atoms with Crippen LogP contribution in [0.4, 0.5) is 11.4 Å². The molecule has 0 saturated carbocycles. The van der Waals surface area contributed by atoms with Gasteiger partial charge in [-0.1, -0.05) is 19.4 Å². The number of methoxy groups -OCH3 is 1. The van der Waals surface area contributed by atoms with Gasteiger partial charge in [-0.3, -0.25) is 15.5 Å². The topological polar surface area (TPSA) is 123 Å². The maximum Gasteiger partial charge on any atom is 0.335 e. The van der Waals surface area contributed by atoms with E-state index >= 15 is 0 Å². The third kappa shape index (κ3) is 5.44. The van der Waals surface area contributed by atoms with Crippen molar-refractivity contribution < 1.29 is 24.3 Å². The molecule has 0 heterocycles. The number of nitro groups is 1. The van der Waals surface area contributed by atoms with Crippen LogP contribution in [0, 0.1) is 10.1 Å². The summed E-state index contributed by atoms with van der Waals surface area (Å²) in [5.74, 6) is -0.730. The molecule has 9 nitrogen and oxygen atoms in total. The van der Waals surface area contributed by atoms with Crippen LogP contribution in [-0.2, 0) is 0 Å². The molecule has 0 aliphatic carbocycles. The van der Waals surface area contributed by atoms with Crippen LogP contribution in [0.25, 0.3) is 0 Å². The van der Waals surface area contributed by atoms with Crippen molar-refractivity contribution in [3.8, 4) is 11.5 Å². The van der Waals surface area contributed by atoms with Crippen molar-refractivity contribution >= 4 is 23.6 Å². The highest BCUT2D eigenvalue weighted by atomic mass is 16.6.